The van der Waals surface area contributed by atoms with Crippen LogP contribution in [-0.4, -0.2) is 0 Å². The van der Waals surface area contributed by atoms with E-state index in [-0.39, 0.29) is 5.41 Å². The molecule has 0 fully saturated rings. The lowest BCUT2D eigenvalue weighted by Gasteiger charge is -2.25. The molecule has 7 rings (SSSR count). The summed E-state index contributed by atoms with van der Waals surface area (Å²) in [6.45, 7) is 4.68. The summed E-state index contributed by atoms with van der Waals surface area (Å²) in [5.41, 5.74) is 10.5. The third-order valence-corrected chi connectivity index (χ3v) is 7.28. The van der Waals surface area contributed by atoms with Crippen molar-refractivity contribution in [2.75, 3.05) is 0 Å². The summed E-state index contributed by atoms with van der Waals surface area (Å²) >= 11 is 0. The molecule has 5 aromatic rings. The molecule has 5 aromatic carbocycles. The molecule has 0 atom stereocenters. The van der Waals surface area contributed by atoms with Gasteiger partial charge in [-0.3, -0.25) is 0 Å². The zero-order valence-electron chi connectivity index (χ0n) is 18.1. The summed E-state index contributed by atoms with van der Waals surface area (Å²) in [5.74, 6) is 1.86. The Morgan fingerprint density at radius 2 is 1.28 bits per heavy atom. The second-order valence-corrected chi connectivity index (χ2v) is 9.37. The summed E-state index contributed by atoms with van der Waals surface area (Å²) in [5, 5.41) is 2.41. The predicted octanol–water partition coefficient (Wildman–Crippen LogP) is 8.59. The SMILES string of the molecule is CC1(C)c2ccccc2-c2ccc(-c3ccc4cccc5c4c3-c3ccccc3O5)cc21. The van der Waals surface area contributed by atoms with E-state index in [2.05, 4.69) is 105 Å². The highest BCUT2D eigenvalue weighted by atomic mass is 16.5. The van der Waals surface area contributed by atoms with E-state index in [0.29, 0.717) is 0 Å². The first-order chi connectivity index (χ1) is 15.6. The van der Waals surface area contributed by atoms with Gasteiger partial charge >= 0.3 is 0 Å². The Labute approximate surface area is 187 Å². The van der Waals surface area contributed by atoms with E-state index in [0.717, 1.165) is 17.1 Å². The van der Waals surface area contributed by atoms with E-state index < -0.39 is 0 Å². The van der Waals surface area contributed by atoms with Gasteiger partial charge in [0.1, 0.15) is 11.5 Å². The molecule has 0 N–H and O–H groups in total. The molecule has 0 amide bonds. The maximum atomic E-state index is 6.29. The van der Waals surface area contributed by atoms with Gasteiger partial charge in [0.25, 0.3) is 0 Å². The molecule has 1 heterocycles. The highest BCUT2D eigenvalue weighted by molar-refractivity contribution is 6.10. The Kier molecular flexibility index (Phi) is 3.40. The highest BCUT2D eigenvalue weighted by Gasteiger charge is 2.35. The van der Waals surface area contributed by atoms with E-state index in [9.17, 15) is 0 Å². The molecule has 2 aliphatic rings. The minimum atomic E-state index is -0.0117. The highest BCUT2D eigenvalue weighted by Crippen LogP contribution is 2.53. The van der Waals surface area contributed by atoms with Crippen LogP contribution in [0.4, 0.5) is 0 Å². The molecule has 0 aromatic heterocycles. The molecule has 0 saturated heterocycles. The van der Waals surface area contributed by atoms with Crippen LogP contribution in [0.15, 0.2) is 97.1 Å². The van der Waals surface area contributed by atoms with E-state index in [1.54, 1.807) is 0 Å². The summed E-state index contributed by atoms with van der Waals surface area (Å²) in [4.78, 5) is 0. The number of fused-ring (bicyclic) bond motifs is 5. The molecule has 1 nitrogen and oxygen atoms in total. The van der Waals surface area contributed by atoms with Crippen molar-refractivity contribution in [1.29, 1.82) is 0 Å². The minimum absolute atomic E-state index is 0.0117. The van der Waals surface area contributed by atoms with Crippen LogP contribution in [0.5, 0.6) is 11.5 Å². The van der Waals surface area contributed by atoms with E-state index in [1.165, 1.54) is 49.7 Å². The molecule has 0 saturated carbocycles. The maximum absolute atomic E-state index is 6.29. The van der Waals surface area contributed by atoms with Crippen molar-refractivity contribution in [3.8, 4) is 44.9 Å². The Morgan fingerprint density at radius 1 is 0.562 bits per heavy atom. The van der Waals surface area contributed by atoms with Crippen LogP contribution >= 0.6 is 0 Å². The van der Waals surface area contributed by atoms with Crippen molar-refractivity contribution in [2.24, 2.45) is 0 Å². The molecule has 1 aliphatic carbocycles. The van der Waals surface area contributed by atoms with Gasteiger partial charge in [-0.15, -0.1) is 0 Å². The molecule has 1 heteroatoms. The predicted molar refractivity (Wildman–Crippen MR) is 132 cm³/mol. The van der Waals surface area contributed by atoms with Gasteiger partial charge in [-0.05, 0) is 57.0 Å². The standard InChI is InChI=1S/C31H22O/c1-31(2)25-11-5-3-9-22(25)23-17-15-20(18-26(23)31)21-16-14-19-8-7-13-28-29(19)30(21)24-10-4-6-12-27(24)32-28/h3-18H,1-2H3. The smallest absolute Gasteiger partial charge is 0.135 e. The molecule has 1 aliphatic heterocycles. The lowest BCUT2D eigenvalue weighted by atomic mass is 9.80. The van der Waals surface area contributed by atoms with Crippen molar-refractivity contribution >= 4 is 10.8 Å². The Balaban J connectivity index is 1.53. The summed E-state index contributed by atoms with van der Waals surface area (Å²) in [6, 6.07) is 35.0. The molecular weight excluding hydrogens is 388 g/mol. The van der Waals surface area contributed by atoms with Gasteiger partial charge in [0.2, 0.25) is 0 Å². The lowest BCUT2D eigenvalue weighted by molar-refractivity contribution is 0.487. The van der Waals surface area contributed by atoms with Crippen molar-refractivity contribution in [1.82, 2.24) is 0 Å². The van der Waals surface area contributed by atoms with Gasteiger partial charge in [0.15, 0.2) is 0 Å². The van der Waals surface area contributed by atoms with Crippen LogP contribution < -0.4 is 4.74 Å². The average molecular weight is 411 g/mol. The van der Waals surface area contributed by atoms with Crippen molar-refractivity contribution < 1.29 is 4.74 Å². The molecule has 32 heavy (non-hydrogen) atoms. The fraction of sp³-hybridized carbons (Fsp3) is 0.0968. The Morgan fingerprint density at radius 3 is 2.19 bits per heavy atom. The zero-order chi connectivity index (χ0) is 21.4. The largest absolute Gasteiger partial charge is 0.456 e. The lowest BCUT2D eigenvalue weighted by Crippen LogP contribution is -2.14. The van der Waals surface area contributed by atoms with Crippen LogP contribution in [0.25, 0.3) is 44.2 Å². The zero-order valence-corrected chi connectivity index (χ0v) is 18.1. The first-order valence-electron chi connectivity index (χ1n) is 11.2. The average Bonchev–Trinajstić information content (AvgIpc) is 3.06. The molecule has 152 valence electrons. The van der Waals surface area contributed by atoms with Gasteiger partial charge in [-0.25, -0.2) is 0 Å². The van der Waals surface area contributed by atoms with Crippen molar-refractivity contribution in [3.05, 3.63) is 108 Å². The second-order valence-electron chi connectivity index (χ2n) is 9.37. The molecular formula is C31H22O. The number of hydrogen-bond acceptors (Lipinski definition) is 1. The third kappa shape index (κ3) is 2.23. The fourth-order valence-corrected chi connectivity index (χ4v) is 5.70. The van der Waals surface area contributed by atoms with Crippen LogP contribution in [0, 0.1) is 0 Å². The van der Waals surface area contributed by atoms with Crippen LogP contribution in [-0.2, 0) is 5.41 Å². The molecule has 0 radical (unpaired) electrons. The normalized spacial score (nSPS) is 14.4. The van der Waals surface area contributed by atoms with E-state index in [4.69, 9.17) is 4.74 Å². The first kappa shape index (κ1) is 17.8. The van der Waals surface area contributed by atoms with Gasteiger partial charge in [0.05, 0.1) is 0 Å². The Hall–Kier alpha value is -3.84. The quantitative estimate of drug-likeness (QED) is 0.264. The monoisotopic (exact) mass is 410 g/mol. The van der Waals surface area contributed by atoms with Gasteiger partial charge < -0.3 is 4.74 Å². The number of hydrogen-bond donors (Lipinski definition) is 0. The third-order valence-electron chi connectivity index (χ3n) is 7.28. The van der Waals surface area contributed by atoms with Crippen molar-refractivity contribution in [3.63, 3.8) is 0 Å². The minimum Gasteiger partial charge on any atom is -0.456 e. The topological polar surface area (TPSA) is 9.23 Å². The van der Waals surface area contributed by atoms with Crippen LogP contribution in [0.1, 0.15) is 25.0 Å². The first-order valence-corrected chi connectivity index (χ1v) is 11.2. The van der Waals surface area contributed by atoms with Gasteiger partial charge in [-0.1, -0.05) is 92.7 Å². The Bertz CT molecular complexity index is 1570. The van der Waals surface area contributed by atoms with Crippen LogP contribution in [0.3, 0.4) is 0 Å². The number of rotatable bonds is 1. The molecule has 0 bridgehead atoms. The van der Waals surface area contributed by atoms with Gasteiger partial charge in [-0.2, -0.15) is 0 Å². The molecule has 0 unspecified atom stereocenters. The van der Waals surface area contributed by atoms with Crippen LogP contribution in [0.2, 0.25) is 0 Å². The fourth-order valence-electron chi connectivity index (χ4n) is 5.70. The van der Waals surface area contributed by atoms with E-state index in [1.807, 2.05) is 6.07 Å². The van der Waals surface area contributed by atoms with E-state index >= 15 is 0 Å². The second kappa shape index (κ2) is 6.11. The molecule has 0 spiro atoms. The maximum Gasteiger partial charge on any atom is 0.135 e. The number of benzene rings is 5. The van der Waals surface area contributed by atoms with Gasteiger partial charge in [0, 0.05) is 21.9 Å². The number of para-hydroxylation sites is 1. The van der Waals surface area contributed by atoms with Crippen molar-refractivity contribution in [2.45, 2.75) is 19.3 Å². The summed E-state index contributed by atoms with van der Waals surface area (Å²) in [6.07, 6.45) is 0. The summed E-state index contributed by atoms with van der Waals surface area (Å²) in [7, 11) is 0. The summed E-state index contributed by atoms with van der Waals surface area (Å²) < 4.78 is 6.29. The number of ether oxygens (including phenoxy) is 1.